The van der Waals surface area contributed by atoms with E-state index >= 15 is 0 Å². The molecule has 0 fully saturated rings. The highest BCUT2D eigenvalue weighted by molar-refractivity contribution is 9.10. The highest BCUT2D eigenvalue weighted by atomic mass is 79.9. The van der Waals surface area contributed by atoms with Gasteiger partial charge in [0.1, 0.15) is 5.82 Å². The Hall–Kier alpha value is -1.33. The molecule has 0 saturated heterocycles. The minimum atomic E-state index is 0.543. The first-order chi connectivity index (χ1) is 8.79. The number of nitrogens with two attached hydrogens (primary N) is 1. The zero-order chi connectivity index (χ0) is 12.5. The number of imidazole rings is 1. The molecular weight excluding hydrogens is 292 g/mol. The summed E-state index contributed by atoms with van der Waals surface area (Å²) in [5.74, 6) is 1.11. The lowest BCUT2D eigenvalue weighted by Crippen LogP contribution is -2.34. The predicted octanol–water partition coefficient (Wildman–Crippen LogP) is 2.12. The number of nitrogens with zero attached hydrogens (tertiary/aromatic N) is 3. The molecule has 0 aliphatic carbocycles. The predicted molar refractivity (Wildman–Crippen MR) is 75.3 cm³/mol. The van der Waals surface area contributed by atoms with Crippen LogP contribution in [0.25, 0.3) is 0 Å². The van der Waals surface area contributed by atoms with Gasteiger partial charge in [-0.05, 0) is 12.1 Å². The van der Waals surface area contributed by atoms with E-state index in [1.54, 1.807) is 0 Å². The average molecular weight is 307 g/mol. The van der Waals surface area contributed by atoms with Crippen molar-refractivity contribution in [3.8, 4) is 0 Å². The minimum Gasteiger partial charge on any atom is -0.362 e. The van der Waals surface area contributed by atoms with E-state index in [2.05, 4.69) is 42.5 Å². The van der Waals surface area contributed by atoms with E-state index in [0.717, 1.165) is 35.5 Å². The summed E-state index contributed by atoms with van der Waals surface area (Å²) in [6.07, 6.45) is 3.90. The maximum Gasteiger partial charge on any atom is 0.128 e. The molecule has 18 heavy (non-hydrogen) atoms. The number of rotatable bonds is 2. The summed E-state index contributed by atoms with van der Waals surface area (Å²) in [4.78, 5) is 6.73. The van der Waals surface area contributed by atoms with Crippen molar-refractivity contribution in [2.75, 3.05) is 11.4 Å². The molecule has 0 spiro atoms. The van der Waals surface area contributed by atoms with Crippen molar-refractivity contribution in [2.45, 2.75) is 19.6 Å². The van der Waals surface area contributed by atoms with Gasteiger partial charge in [0.15, 0.2) is 0 Å². The van der Waals surface area contributed by atoms with Gasteiger partial charge in [0, 0.05) is 47.8 Å². The van der Waals surface area contributed by atoms with Gasteiger partial charge in [0.25, 0.3) is 0 Å². The summed E-state index contributed by atoms with van der Waals surface area (Å²) >= 11 is 3.57. The lowest BCUT2D eigenvalue weighted by atomic mass is 10.1. The lowest BCUT2D eigenvalue weighted by Gasteiger charge is -2.31. The molecule has 0 bridgehead atoms. The molecule has 1 aromatic heterocycles. The van der Waals surface area contributed by atoms with Crippen LogP contribution in [0, 0.1) is 0 Å². The zero-order valence-electron chi connectivity index (χ0n) is 10.0. The van der Waals surface area contributed by atoms with Crippen LogP contribution in [-0.4, -0.2) is 16.1 Å². The number of hydrogen-bond donors (Lipinski definition) is 1. The molecule has 1 aliphatic heterocycles. The minimum absolute atomic E-state index is 0.543. The van der Waals surface area contributed by atoms with Crippen LogP contribution in [0.3, 0.4) is 0 Å². The van der Waals surface area contributed by atoms with Gasteiger partial charge in [-0.3, -0.25) is 0 Å². The number of anilines is 1. The Morgan fingerprint density at radius 3 is 3.06 bits per heavy atom. The third-order valence-electron chi connectivity index (χ3n) is 3.38. The molecule has 0 amide bonds. The van der Waals surface area contributed by atoms with Gasteiger partial charge >= 0.3 is 0 Å². The van der Waals surface area contributed by atoms with Crippen LogP contribution in [-0.2, 0) is 19.6 Å². The van der Waals surface area contributed by atoms with Gasteiger partial charge in [-0.15, -0.1) is 0 Å². The Balaban J connectivity index is 1.95. The first-order valence-corrected chi connectivity index (χ1v) is 6.81. The van der Waals surface area contributed by atoms with Crippen molar-refractivity contribution in [1.29, 1.82) is 0 Å². The Kier molecular flexibility index (Phi) is 3.09. The Morgan fingerprint density at radius 2 is 2.22 bits per heavy atom. The smallest absolute Gasteiger partial charge is 0.128 e. The van der Waals surface area contributed by atoms with Crippen molar-refractivity contribution >= 4 is 21.6 Å². The van der Waals surface area contributed by atoms with E-state index in [1.807, 2.05) is 18.5 Å². The number of fused-ring (bicyclic) bond motifs is 1. The molecule has 2 N–H and O–H groups in total. The molecule has 0 atom stereocenters. The quantitative estimate of drug-likeness (QED) is 0.924. The van der Waals surface area contributed by atoms with Crippen LogP contribution >= 0.6 is 15.9 Å². The van der Waals surface area contributed by atoms with Crippen LogP contribution in [0.4, 0.5) is 5.69 Å². The standard InChI is InChI=1S/C13H15BrN4/c14-11-2-1-3-12(10(11)8-15)18-7-6-17-5-4-16-13(17)9-18/h1-5H,6-9,15H2. The molecule has 0 unspecified atom stereocenters. The SMILES string of the molecule is NCc1c(Br)cccc1N1CCn2ccnc2C1. The average Bonchev–Trinajstić information content (AvgIpc) is 2.85. The lowest BCUT2D eigenvalue weighted by molar-refractivity contribution is 0.558. The molecule has 3 rings (SSSR count). The molecule has 1 aromatic carbocycles. The van der Waals surface area contributed by atoms with Crippen molar-refractivity contribution in [2.24, 2.45) is 5.73 Å². The molecule has 2 heterocycles. The molecular formula is C13H15BrN4. The summed E-state index contributed by atoms with van der Waals surface area (Å²) in [5, 5.41) is 0. The highest BCUT2D eigenvalue weighted by Crippen LogP contribution is 2.29. The van der Waals surface area contributed by atoms with Crippen LogP contribution in [0.1, 0.15) is 11.4 Å². The first kappa shape index (κ1) is 11.7. The van der Waals surface area contributed by atoms with Crippen molar-refractivity contribution < 1.29 is 0 Å². The van der Waals surface area contributed by atoms with E-state index < -0.39 is 0 Å². The number of aromatic nitrogens is 2. The second-order valence-corrected chi connectivity index (χ2v) is 5.25. The summed E-state index contributed by atoms with van der Waals surface area (Å²) in [6.45, 7) is 3.36. The third kappa shape index (κ3) is 1.93. The van der Waals surface area contributed by atoms with Gasteiger partial charge in [-0.1, -0.05) is 22.0 Å². The second-order valence-electron chi connectivity index (χ2n) is 4.40. The number of hydrogen-bond acceptors (Lipinski definition) is 3. The van der Waals surface area contributed by atoms with E-state index in [0.29, 0.717) is 6.54 Å². The van der Waals surface area contributed by atoms with Crippen LogP contribution in [0.2, 0.25) is 0 Å². The topological polar surface area (TPSA) is 47.1 Å². The van der Waals surface area contributed by atoms with Gasteiger partial charge in [-0.2, -0.15) is 0 Å². The Morgan fingerprint density at radius 1 is 1.33 bits per heavy atom. The van der Waals surface area contributed by atoms with E-state index in [9.17, 15) is 0 Å². The Bertz CT molecular complexity index is 564. The summed E-state index contributed by atoms with van der Waals surface area (Å²) in [6, 6.07) is 6.22. The van der Waals surface area contributed by atoms with E-state index in [4.69, 9.17) is 5.73 Å². The molecule has 94 valence electrons. The maximum absolute atomic E-state index is 5.86. The van der Waals surface area contributed by atoms with Gasteiger partial charge in [0.05, 0.1) is 6.54 Å². The highest BCUT2D eigenvalue weighted by Gasteiger charge is 2.19. The van der Waals surface area contributed by atoms with Crippen LogP contribution < -0.4 is 10.6 Å². The number of benzene rings is 1. The van der Waals surface area contributed by atoms with Gasteiger partial charge < -0.3 is 15.2 Å². The van der Waals surface area contributed by atoms with Gasteiger partial charge in [0.2, 0.25) is 0 Å². The monoisotopic (exact) mass is 306 g/mol. The van der Waals surface area contributed by atoms with E-state index in [1.165, 1.54) is 5.69 Å². The van der Waals surface area contributed by atoms with Crippen molar-refractivity contribution in [3.63, 3.8) is 0 Å². The summed E-state index contributed by atoms with van der Waals surface area (Å²) in [7, 11) is 0. The molecule has 2 aromatic rings. The molecule has 5 heteroatoms. The number of halogens is 1. The fourth-order valence-electron chi connectivity index (χ4n) is 2.42. The second kappa shape index (κ2) is 4.74. The van der Waals surface area contributed by atoms with Crippen LogP contribution in [0.15, 0.2) is 35.1 Å². The molecule has 4 nitrogen and oxygen atoms in total. The molecule has 0 radical (unpaired) electrons. The summed E-state index contributed by atoms with van der Waals surface area (Å²) in [5.41, 5.74) is 8.23. The van der Waals surface area contributed by atoms with Crippen LogP contribution in [0.5, 0.6) is 0 Å². The normalized spacial score (nSPS) is 14.7. The van der Waals surface area contributed by atoms with Crippen molar-refractivity contribution in [3.05, 3.63) is 46.5 Å². The molecule has 0 saturated carbocycles. The van der Waals surface area contributed by atoms with E-state index in [-0.39, 0.29) is 0 Å². The first-order valence-electron chi connectivity index (χ1n) is 6.02. The van der Waals surface area contributed by atoms with Gasteiger partial charge in [-0.25, -0.2) is 4.98 Å². The fourth-order valence-corrected chi connectivity index (χ4v) is 2.94. The van der Waals surface area contributed by atoms with Crippen molar-refractivity contribution in [1.82, 2.24) is 9.55 Å². The Labute approximate surface area is 115 Å². The largest absolute Gasteiger partial charge is 0.362 e. The maximum atomic E-state index is 5.86. The fraction of sp³-hybridized carbons (Fsp3) is 0.308. The zero-order valence-corrected chi connectivity index (χ0v) is 11.6. The molecule has 1 aliphatic rings. The third-order valence-corrected chi connectivity index (χ3v) is 4.13. The summed E-state index contributed by atoms with van der Waals surface area (Å²) < 4.78 is 3.28.